The maximum atomic E-state index is 11.1. The van der Waals surface area contributed by atoms with Gasteiger partial charge in [-0.25, -0.2) is 9.97 Å². The molecule has 0 spiro atoms. The first kappa shape index (κ1) is 19.7. The van der Waals surface area contributed by atoms with Crippen LogP contribution in [0.15, 0.2) is 79.1 Å². The van der Waals surface area contributed by atoms with Crippen LogP contribution in [-0.2, 0) is 0 Å². The highest BCUT2D eigenvalue weighted by atomic mass is 16.3. The van der Waals surface area contributed by atoms with Gasteiger partial charge in [0.2, 0.25) is 5.88 Å². The topological polar surface area (TPSA) is 127 Å². The number of nitrogens with one attached hydrogen (secondary N) is 1. The second-order valence-electron chi connectivity index (χ2n) is 7.93. The van der Waals surface area contributed by atoms with E-state index in [0.717, 1.165) is 16.4 Å². The van der Waals surface area contributed by atoms with Gasteiger partial charge in [0.25, 0.3) is 0 Å². The minimum absolute atomic E-state index is 0.0240. The molecule has 0 saturated heterocycles. The normalized spacial score (nSPS) is 11.4. The summed E-state index contributed by atoms with van der Waals surface area (Å²) in [6, 6.07) is 20.4. The maximum Gasteiger partial charge on any atom is 0.240 e. The Hall–Kier alpha value is -4.98. The van der Waals surface area contributed by atoms with Crippen molar-refractivity contribution >= 4 is 21.9 Å². The van der Waals surface area contributed by atoms with E-state index in [1.807, 2.05) is 18.2 Å². The summed E-state index contributed by atoms with van der Waals surface area (Å²) < 4.78 is 1.51. The van der Waals surface area contributed by atoms with Crippen molar-refractivity contribution in [1.82, 2.24) is 19.5 Å². The van der Waals surface area contributed by atoms with Gasteiger partial charge in [-0.2, -0.15) is 0 Å². The zero-order valence-electron chi connectivity index (χ0n) is 17.6. The van der Waals surface area contributed by atoms with Crippen molar-refractivity contribution in [3.05, 3.63) is 79.1 Å². The Morgan fingerprint density at radius 1 is 0.824 bits per heavy atom. The fourth-order valence-electron chi connectivity index (χ4n) is 4.27. The molecule has 0 radical (unpaired) electrons. The van der Waals surface area contributed by atoms with Crippen LogP contribution in [0.4, 0.5) is 0 Å². The maximum absolute atomic E-state index is 11.1. The summed E-state index contributed by atoms with van der Waals surface area (Å²) >= 11 is 0. The van der Waals surface area contributed by atoms with Crippen LogP contribution < -0.4 is 0 Å². The van der Waals surface area contributed by atoms with E-state index in [-0.39, 0.29) is 23.1 Å². The predicted molar refractivity (Wildman–Crippen MR) is 128 cm³/mol. The van der Waals surface area contributed by atoms with E-state index in [1.54, 1.807) is 48.8 Å². The fourth-order valence-corrected chi connectivity index (χ4v) is 4.27. The van der Waals surface area contributed by atoms with Crippen LogP contribution in [0.1, 0.15) is 0 Å². The van der Waals surface area contributed by atoms with E-state index in [4.69, 9.17) is 0 Å². The number of rotatable bonds is 3. The third-order valence-corrected chi connectivity index (χ3v) is 5.88. The van der Waals surface area contributed by atoms with E-state index in [2.05, 4.69) is 15.0 Å². The van der Waals surface area contributed by atoms with Crippen molar-refractivity contribution in [1.29, 1.82) is 0 Å². The number of phenols is 2. The minimum atomic E-state index is -0.365. The molecule has 5 N–H and O–H groups in total. The largest absolute Gasteiger partial charge is 0.508 e. The molecule has 8 heteroatoms. The van der Waals surface area contributed by atoms with Crippen molar-refractivity contribution < 1.29 is 20.4 Å². The highest BCUT2D eigenvalue weighted by Crippen LogP contribution is 2.48. The number of aromatic hydroxyl groups is 4. The van der Waals surface area contributed by atoms with Crippen molar-refractivity contribution in [3.63, 3.8) is 0 Å². The SMILES string of the molecule is Oc1ccc(-c2c(O)c(O)n(-c3ccc4nc[nH]c4c3)c2-c2ccc3cccc(O)c3n2)cc1. The lowest BCUT2D eigenvalue weighted by Gasteiger charge is -2.13. The Balaban J connectivity index is 1.70. The van der Waals surface area contributed by atoms with Gasteiger partial charge in [-0.3, -0.25) is 4.57 Å². The van der Waals surface area contributed by atoms with Crippen LogP contribution in [0.25, 0.3) is 50.1 Å². The Kier molecular flexibility index (Phi) is 4.21. The Morgan fingerprint density at radius 3 is 2.47 bits per heavy atom. The number of H-pyrrole nitrogens is 1. The number of nitrogens with zero attached hydrogens (tertiary/aromatic N) is 3. The summed E-state index contributed by atoms with van der Waals surface area (Å²) in [6.07, 6.45) is 1.58. The van der Waals surface area contributed by atoms with Gasteiger partial charge in [0, 0.05) is 5.39 Å². The average Bonchev–Trinajstić information content (AvgIpc) is 3.42. The molecule has 0 unspecified atom stereocenters. The number of hydrogen-bond donors (Lipinski definition) is 5. The molecule has 0 aliphatic carbocycles. The minimum Gasteiger partial charge on any atom is -0.508 e. The molecule has 0 amide bonds. The molecular weight excluding hydrogens is 432 g/mol. The van der Waals surface area contributed by atoms with Crippen molar-refractivity contribution in [2.75, 3.05) is 0 Å². The molecule has 0 fully saturated rings. The van der Waals surface area contributed by atoms with Gasteiger partial charge in [-0.1, -0.05) is 30.3 Å². The summed E-state index contributed by atoms with van der Waals surface area (Å²) in [5, 5.41) is 43.0. The first-order valence-electron chi connectivity index (χ1n) is 10.5. The van der Waals surface area contributed by atoms with Gasteiger partial charge in [0.15, 0.2) is 5.75 Å². The van der Waals surface area contributed by atoms with E-state index < -0.39 is 0 Å². The molecule has 6 rings (SSSR count). The van der Waals surface area contributed by atoms with Gasteiger partial charge in [-0.15, -0.1) is 0 Å². The summed E-state index contributed by atoms with van der Waals surface area (Å²) in [6.45, 7) is 0. The molecule has 0 bridgehead atoms. The number of imidazole rings is 1. The molecule has 0 aliphatic heterocycles. The third-order valence-electron chi connectivity index (χ3n) is 5.88. The summed E-state index contributed by atoms with van der Waals surface area (Å²) in [5.41, 5.74) is 4.24. The Morgan fingerprint density at radius 2 is 1.65 bits per heavy atom. The van der Waals surface area contributed by atoms with Crippen LogP contribution in [0.3, 0.4) is 0 Å². The lowest BCUT2D eigenvalue weighted by Crippen LogP contribution is -1.99. The van der Waals surface area contributed by atoms with Crippen LogP contribution in [0, 0.1) is 0 Å². The zero-order valence-corrected chi connectivity index (χ0v) is 17.6. The van der Waals surface area contributed by atoms with E-state index in [9.17, 15) is 20.4 Å². The van der Waals surface area contributed by atoms with Crippen molar-refractivity contribution in [3.8, 4) is 51.3 Å². The van der Waals surface area contributed by atoms with Crippen molar-refractivity contribution in [2.24, 2.45) is 0 Å². The molecule has 3 heterocycles. The molecule has 34 heavy (non-hydrogen) atoms. The zero-order chi connectivity index (χ0) is 23.4. The number of pyridine rings is 1. The summed E-state index contributed by atoms with van der Waals surface area (Å²) in [5.74, 6) is -0.594. The first-order chi connectivity index (χ1) is 16.5. The van der Waals surface area contributed by atoms with Gasteiger partial charge in [0.1, 0.15) is 17.0 Å². The quantitative estimate of drug-likeness (QED) is 0.256. The molecule has 6 aromatic rings. The molecule has 0 atom stereocenters. The van der Waals surface area contributed by atoms with Crippen LogP contribution in [0.5, 0.6) is 23.1 Å². The molecule has 3 aromatic carbocycles. The van der Waals surface area contributed by atoms with Gasteiger partial charge in [0.05, 0.1) is 40.0 Å². The Bertz CT molecular complexity index is 1700. The molecule has 0 aliphatic rings. The number of fused-ring (bicyclic) bond motifs is 2. The average molecular weight is 450 g/mol. The number of para-hydroxylation sites is 1. The van der Waals surface area contributed by atoms with Gasteiger partial charge >= 0.3 is 0 Å². The number of phenolic OH excluding ortho intramolecular Hbond substituents is 2. The fraction of sp³-hybridized carbons (Fsp3) is 0. The van der Waals surface area contributed by atoms with Crippen LogP contribution >= 0.6 is 0 Å². The second kappa shape index (κ2) is 7.28. The summed E-state index contributed by atoms with van der Waals surface area (Å²) in [4.78, 5) is 12.0. The van der Waals surface area contributed by atoms with E-state index in [1.165, 1.54) is 16.7 Å². The molecule has 0 saturated carbocycles. The number of aromatic nitrogens is 4. The van der Waals surface area contributed by atoms with E-state index in [0.29, 0.717) is 33.7 Å². The molecule has 8 nitrogen and oxygen atoms in total. The van der Waals surface area contributed by atoms with E-state index >= 15 is 0 Å². The number of benzene rings is 3. The number of aromatic amines is 1. The third kappa shape index (κ3) is 2.93. The summed E-state index contributed by atoms with van der Waals surface area (Å²) in [7, 11) is 0. The molecular formula is C26H18N4O4. The van der Waals surface area contributed by atoms with Crippen LogP contribution in [0.2, 0.25) is 0 Å². The Labute approximate surface area is 192 Å². The van der Waals surface area contributed by atoms with Crippen molar-refractivity contribution in [2.45, 2.75) is 0 Å². The highest BCUT2D eigenvalue weighted by Gasteiger charge is 2.27. The second-order valence-corrected chi connectivity index (χ2v) is 7.93. The highest BCUT2D eigenvalue weighted by molar-refractivity contribution is 5.93. The lowest BCUT2D eigenvalue weighted by atomic mass is 10.0. The first-order valence-corrected chi connectivity index (χ1v) is 10.5. The molecule has 166 valence electrons. The van der Waals surface area contributed by atoms with Gasteiger partial charge < -0.3 is 25.4 Å². The monoisotopic (exact) mass is 450 g/mol. The standard InChI is InChI=1S/C26H18N4O4/c31-17-8-4-14(5-9-17)22-24(19-10-6-15-2-1-3-21(32)23(15)29-19)30(26(34)25(22)33)16-7-11-18-20(12-16)28-13-27-18/h1-13,31-34H,(H,27,28). The molecule has 3 aromatic heterocycles. The van der Waals surface area contributed by atoms with Crippen LogP contribution in [-0.4, -0.2) is 39.9 Å². The lowest BCUT2D eigenvalue weighted by molar-refractivity contribution is 0.388. The van der Waals surface area contributed by atoms with Gasteiger partial charge in [-0.05, 0) is 48.0 Å². The predicted octanol–water partition coefficient (Wildman–Crippen LogP) is 5.06. The number of hydrogen-bond acceptors (Lipinski definition) is 6. The smallest absolute Gasteiger partial charge is 0.240 e.